The molecule has 0 aromatic rings. The van der Waals surface area contributed by atoms with Gasteiger partial charge >= 0.3 is 0 Å². The summed E-state index contributed by atoms with van der Waals surface area (Å²) in [6.45, 7) is 3.88. The van der Waals surface area contributed by atoms with Gasteiger partial charge in [0.15, 0.2) is 0 Å². The van der Waals surface area contributed by atoms with Crippen LogP contribution in [0, 0.1) is 0 Å². The topological polar surface area (TPSA) is 35.2 Å². The van der Waals surface area contributed by atoms with Gasteiger partial charge in [0.1, 0.15) is 3.61 Å². The van der Waals surface area contributed by atoms with Crippen LogP contribution >= 0.6 is 20.7 Å². The first kappa shape index (κ1) is 7.52. The molecular weight excluding hydrogens is 205 g/mol. The van der Waals surface area contributed by atoms with Crippen molar-refractivity contribution in [2.75, 3.05) is 0 Å². The van der Waals surface area contributed by atoms with Crippen LogP contribution in [0.15, 0.2) is 0 Å². The summed E-state index contributed by atoms with van der Waals surface area (Å²) >= 11 is -0.136. The highest BCUT2D eigenvalue weighted by atomic mass is 127. The van der Waals surface area contributed by atoms with E-state index in [9.17, 15) is 0 Å². The summed E-state index contributed by atoms with van der Waals surface area (Å²) in [6.07, 6.45) is 0. The molecule has 44 valence electrons. The van der Waals surface area contributed by atoms with Gasteiger partial charge in [-0.05, 0) is 13.8 Å². The number of rotatable bonds is 2. The molecule has 0 aromatic carbocycles. The van der Waals surface area contributed by atoms with Crippen molar-refractivity contribution in [1.82, 2.24) is 0 Å². The molecule has 0 unspecified atom stereocenters. The summed E-state index contributed by atoms with van der Waals surface area (Å²) in [5.41, 5.74) is 0. The van der Waals surface area contributed by atoms with Crippen molar-refractivity contribution in [3.05, 3.63) is 0 Å². The molecule has 2 nitrogen and oxygen atoms in total. The van der Waals surface area contributed by atoms with Crippen LogP contribution in [0.4, 0.5) is 0 Å². The van der Waals surface area contributed by atoms with Gasteiger partial charge in [0.25, 0.3) is 0 Å². The Morgan fingerprint density at radius 2 is 2.14 bits per heavy atom. The van der Waals surface area contributed by atoms with Crippen molar-refractivity contribution in [3.8, 4) is 0 Å². The molecule has 3 heteroatoms. The van der Waals surface area contributed by atoms with E-state index >= 15 is 0 Å². The molecule has 0 bridgehead atoms. The molecule has 0 spiro atoms. The fourth-order valence-corrected chi connectivity index (χ4v) is 0.211. The standard InChI is InChI=1S/C4H10INO/c1-4(2,5-3)7-6/h3,6H2,1-2H3. The van der Waals surface area contributed by atoms with Crippen LogP contribution in [0.2, 0.25) is 0 Å². The first-order chi connectivity index (χ1) is 3.12. The van der Waals surface area contributed by atoms with Gasteiger partial charge in [-0.3, -0.25) is 4.84 Å². The average Bonchev–Trinajstić information content (AvgIpc) is 1.68. The molecule has 0 rings (SSSR count). The third-order valence-corrected chi connectivity index (χ3v) is 2.69. The van der Waals surface area contributed by atoms with Crippen LogP contribution in [-0.4, -0.2) is 8.12 Å². The molecule has 2 N–H and O–H groups in total. The highest BCUT2D eigenvalue weighted by Gasteiger charge is 2.10. The number of halogens is 1. The number of alkyl halides is 1. The zero-order valence-corrected chi connectivity index (χ0v) is 6.73. The van der Waals surface area contributed by atoms with E-state index in [1.54, 1.807) is 0 Å². The minimum absolute atomic E-state index is 0.136. The Kier molecular flexibility index (Phi) is 2.94. The number of nitrogens with two attached hydrogens (primary N) is 1. The summed E-state index contributed by atoms with van der Waals surface area (Å²) in [7, 11) is 0. The SMILES string of the molecule is C=IC(C)(C)ON. The largest absolute Gasteiger partial charge is 0.289 e. The van der Waals surface area contributed by atoms with Crippen molar-refractivity contribution in [3.63, 3.8) is 0 Å². The van der Waals surface area contributed by atoms with E-state index in [1.807, 2.05) is 13.8 Å². The Bertz CT molecular complexity index is 72.1. The van der Waals surface area contributed by atoms with E-state index in [0.29, 0.717) is 0 Å². The fraction of sp³-hybridized carbons (Fsp3) is 0.750. The van der Waals surface area contributed by atoms with Crippen molar-refractivity contribution >= 4 is 25.2 Å². The fourth-order valence-electron chi connectivity index (χ4n) is 0.0315. The molecule has 0 fully saturated rings. The van der Waals surface area contributed by atoms with Crippen LogP contribution in [0.5, 0.6) is 0 Å². The second-order valence-electron chi connectivity index (χ2n) is 1.61. The monoisotopic (exact) mass is 215 g/mol. The third-order valence-electron chi connectivity index (χ3n) is 0.602. The number of hydrogen-bond donors (Lipinski definition) is 1. The zero-order valence-electron chi connectivity index (χ0n) is 4.57. The van der Waals surface area contributed by atoms with Crippen molar-refractivity contribution in [1.29, 1.82) is 0 Å². The van der Waals surface area contributed by atoms with Gasteiger partial charge < -0.3 is 0 Å². The third kappa shape index (κ3) is 3.13. The Balaban J connectivity index is 3.58. The van der Waals surface area contributed by atoms with E-state index in [-0.39, 0.29) is 24.3 Å². The molecule has 0 atom stereocenters. The molecule has 7 heavy (non-hydrogen) atoms. The maximum absolute atomic E-state index is 4.90. The van der Waals surface area contributed by atoms with Gasteiger partial charge in [-0.1, -0.05) is 25.2 Å². The molecule has 0 aliphatic carbocycles. The smallest absolute Gasteiger partial charge is 0.129 e. The lowest BCUT2D eigenvalue weighted by Gasteiger charge is -2.13. The van der Waals surface area contributed by atoms with Crippen LogP contribution < -0.4 is 5.90 Å². The molecule has 0 heterocycles. The second-order valence-corrected chi connectivity index (χ2v) is 4.98. The van der Waals surface area contributed by atoms with Gasteiger partial charge in [-0.25, -0.2) is 5.90 Å². The van der Waals surface area contributed by atoms with Crippen molar-refractivity contribution < 1.29 is 4.84 Å². The lowest BCUT2D eigenvalue weighted by molar-refractivity contribution is 0.0663. The van der Waals surface area contributed by atoms with Crippen LogP contribution in [0.25, 0.3) is 0 Å². The molecule has 0 radical (unpaired) electrons. The lowest BCUT2D eigenvalue weighted by Crippen LogP contribution is -2.20. The van der Waals surface area contributed by atoms with E-state index in [0.717, 1.165) is 0 Å². The molecule has 0 saturated heterocycles. The molecule has 0 saturated carbocycles. The molecule has 0 amide bonds. The van der Waals surface area contributed by atoms with Gasteiger partial charge in [0.2, 0.25) is 0 Å². The van der Waals surface area contributed by atoms with E-state index in [1.165, 1.54) is 0 Å². The van der Waals surface area contributed by atoms with Crippen LogP contribution in [0.1, 0.15) is 13.8 Å². The summed E-state index contributed by atoms with van der Waals surface area (Å²) < 4.78 is 3.59. The van der Waals surface area contributed by atoms with Gasteiger partial charge in [-0.15, -0.1) is 0 Å². The minimum Gasteiger partial charge on any atom is -0.289 e. The predicted octanol–water partition coefficient (Wildman–Crippen LogP) is 1.02. The Morgan fingerprint density at radius 1 is 1.71 bits per heavy atom. The average molecular weight is 215 g/mol. The number of hydrogen-bond acceptors (Lipinski definition) is 2. The summed E-state index contributed by atoms with van der Waals surface area (Å²) in [5.74, 6) is 4.90. The normalized spacial score (nSPS) is 11.9. The van der Waals surface area contributed by atoms with Crippen LogP contribution in [0.3, 0.4) is 0 Å². The van der Waals surface area contributed by atoms with Gasteiger partial charge in [0.05, 0.1) is 0 Å². The molecule has 0 aliphatic heterocycles. The Morgan fingerprint density at radius 3 is 2.14 bits per heavy atom. The maximum Gasteiger partial charge on any atom is 0.129 e. The minimum atomic E-state index is -0.140. The summed E-state index contributed by atoms with van der Waals surface area (Å²) in [4.78, 5) is 4.57. The molecule has 0 aliphatic rings. The van der Waals surface area contributed by atoms with Gasteiger partial charge in [0, 0.05) is 0 Å². The van der Waals surface area contributed by atoms with E-state index < -0.39 is 0 Å². The molecule has 0 aromatic heterocycles. The molecular formula is C4H10INO. The first-order valence-electron chi connectivity index (χ1n) is 1.90. The highest BCUT2D eigenvalue weighted by Crippen LogP contribution is 2.19. The quantitative estimate of drug-likeness (QED) is 0.424. The Labute approximate surface area is 53.7 Å². The van der Waals surface area contributed by atoms with Crippen molar-refractivity contribution in [2.24, 2.45) is 5.90 Å². The zero-order chi connectivity index (χ0) is 5.91. The summed E-state index contributed by atoms with van der Waals surface area (Å²) in [6, 6.07) is 0. The first-order valence-corrected chi connectivity index (χ1v) is 4.50. The van der Waals surface area contributed by atoms with E-state index in [4.69, 9.17) is 5.90 Å². The van der Waals surface area contributed by atoms with E-state index in [2.05, 4.69) is 9.35 Å². The second kappa shape index (κ2) is 2.74. The van der Waals surface area contributed by atoms with Gasteiger partial charge in [-0.2, -0.15) is 0 Å². The summed E-state index contributed by atoms with van der Waals surface area (Å²) in [5, 5.41) is 0. The Hall–Kier alpha value is 0.520. The van der Waals surface area contributed by atoms with Crippen molar-refractivity contribution in [2.45, 2.75) is 17.5 Å². The van der Waals surface area contributed by atoms with Crippen LogP contribution in [-0.2, 0) is 4.84 Å². The lowest BCUT2D eigenvalue weighted by atomic mass is 10.5. The predicted molar refractivity (Wildman–Crippen MR) is 40.5 cm³/mol. The maximum atomic E-state index is 4.90. The highest BCUT2D eigenvalue weighted by molar-refractivity contribution is 14.2.